The van der Waals surface area contributed by atoms with Gasteiger partial charge in [0.25, 0.3) is 0 Å². The Morgan fingerprint density at radius 2 is 2.40 bits per heavy atom. The van der Waals surface area contributed by atoms with Crippen LogP contribution < -0.4 is 0 Å². The highest BCUT2D eigenvalue weighted by Gasteiger charge is 2.25. The molecule has 6 heteroatoms. The Morgan fingerprint density at radius 1 is 1.55 bits per heavy atom. The van der Waals surface area contributed by atoms with Gasteiger partial charge in [0.05, 0.1) is 4.88 Å². The number of H-pyrrole nitrogens is 1. The van der Waals surface area contributed by atoms with Gasteiger partial charge < -0.3 is 4.90 Å². The molecule has 0 spiro atoms. The third-order valence-corrected chi connectivity index (χ3v) is 5.17. The van der Waals surface area contributed by atoms with Crippen LogP contribution in [0.15, 0.2) is 17.5 Å². The zero-order chi connectivity index (χ0) is 14.1. The van der Waals surface area contributed by atoms with Crippen LogP contribution in [0.3, 0.4) is 0 Å². The van der Waals surface area contributed by atoms with E-state index in [4.69, 9.17) is 12.2 Å². The largest absolute Gasteiger partial charge is 0.301 e. The third kappa shape index (κ3) is 2.73. The Morgan fingerprint density at radius 3 is 3.05 bits per heavy atom. The lowest BCUT2D eigenvalue weighted by atomic mass is 10.1. The molecule has 0 amide bonds. The molecule has 20 heavy (non-hydrogen) atoms. The molecule has 2 aromatic heterocycles. The standard InChI is InChI=1S/C14H20N4S2/c1-10(2)17-6-5-11(8-17)9-18-13(15-16-14(18)19)12-4-3-7-20-12/h3-4,7,10-11H,5-6,8-9H2,1-2H3,(H,16,19). The minimum absolute atomic E-state index is 0.633. The van der Waals surface area contributed by atoms with E-state index in [-0.39, 0.29) is 0 Å². The van der Waals surface area contributed by atoms with Gasteiger partial charge in [-0.05, 0) is 56.4 Å². The fraction of sp³-hybridized carbons (Fsp3) is 0.571. The maximum Gasteiger partial charge on any atom is 0.195 e. The molecular formula is C14H20N4S2. The van der Waals surface area contributed by atoms with E-state index in [1.54, 1.807) is 11.3 Å². The van der Waals surface area contributed by atoms with E-state index in [9.17, 15) is 0 Å². The van der Waals surface area contributed by atoms with Gasteiger partial charge in [-0.15, -0.1) is 11.3 Å². The van der Waals surface area contributed by atoms with Gasteiger partial charge in [0, 0.05) is 19.1 Å². The van der Waals surface area contributed by atoms with Crippen molar-refractivity contribution in [1.82, 2.24) is 19.7 Å². The van der Waals surface area contributed by atoms with Crippen molar-refractivity contribution in [2.75, 3.05) is 13.1 Å². The van der Waals surface area contributed by atoms with Gasteiger partial charge in [0.1, 0.15) is 0 Å². The SMILES string of the molecule is CC(C)N1CCC(Cn2c(-c3cccs3)n[nH]c2=S)C1. The number of thiophene rings is 1. The van der Waals surface area contributed by atoms with Crippen LogP contribution in [-0.4, -0.2) is 38.8 Å². The highest BCUT2D eigenvalue weighted by Crippen LogP contribution is 2.26. The molecule has 1 aliphatic rings. The van der Waals surface area contributed by atoms with Crippen LogP contribution in [0.4, 0.5) is 0 Å². The minimum Gasteiger partial charge on any atom is -0.301 e. The molecule has 3 rings (SSSR count). The third-order valence-electron chi connectivity index (χ3n) is 3.99. The maximum atomic E-state index is 5.40. The van der Waals surface area contributed by atoms with E-state index in [2.05, 4.69) is 51.0 Å². The summed E-state index contributed by atoms with van der Waals surface area (Å²) in [5.74, 6) is 1.65. The second-order valence-corrected chi connectivity index (χ2v) is 7.02. The summed E-state index contributed by atoms with van der Waals surface area (Å²) in [4.78, 5) is 3.72. The monoisotopic (exact) mass is 308 g/mol. The molecule has 1 N–H and O–H groups in total. The summed E-state index contributed by atoms with van der Waals surface area (Å²) in [5.41, 5.74) is 0. The first kappa shape index (κ1) is 14.0. The molecule has 1 saturated heterocycles. The lowest BCUT2D eigenvalue weighted by Gasteiger charge is -2.20. The molecule has 108 valence electrons. The van der Waals surface area contributed by atoms with Crippen LogP contribution in [0.2, 0.25) is 0 Å². The van der Waals surface area contributed by atoms with Gasteiger partial charge >= 0.3 is 0 Å². The molecule has 2 aromatic rings. The first-order valence-corrected chi connectivity index (χ1v) is 8.37. The molecule has 0 radical (unpaired) electrons. The number of likely N-dealkylation sites (tertiary alicyclic amines) is 1. The van der Waals surface area contributed by atoms with E-state index >= 15 is 0 Å². The Labute approximate surface area is 128 Å². The quantitative estimate of drug-likeness (QED) is 0.880. The number of aromatic amines is 1. The topological polar surface area (TPSA) is 36.9 Å². The number of nitrogens with zero attached hydrogens (tertiary/aromatic N) is 3. The van der Waals surface area contributed by atoms with E-state index in [0.717, 1.165) is 23.7 Å². The Hall–Kier alpha value is -0.980. The summed E-state index contributed by atoms with van der Waals surface area (Å²) in [6.45, 7) is 7.86. The second kappa shape index (κ2) is 5.79. The highest BCUT2D eigenvalue weighted by molar-refractivity contribution is 7.71. The van der Waals surface area contributed by atoms with Crippen LogP contribution in [0, 0.1) is 10.7 Å². The van der Waals surface area contributed by atoms with Crippen LogP contribution in [0.1, 0.15) is 20.3 Å². The number of aromatic nitrogens is 3. The van der Waals surface area contributed by atoms with Crippen molar-refractivity contribution in [1.29, 1.82) is 0 Å². The zero-order valence-corrected chi connectivity index (χ0v) is 13.5. The molecule has 0 aromatic carbocycles. The summed E-state index contributed by atoms with van der Waals surface area (Å²) < 4.78 is 2.90. The van der Waals surface area contributed by atoms with Crippen molar-refractivity contribution < 1.29 is 0 Å². The van der Waals surface area contributed by atoms with Crippen molar-refractivity contribution >= 4 is 23.6 Å². The van der Waals surface area contributed by atoms with Crippen LogP contribution >= 0.6 is 23.6 Å². The van der Waals surface area contributed by atoms with E-state index in [1.165, 1.54) is 17.8 Å². The molecule has 3 heterocycles. The lowest BCUT2D eigenvalue weighted by Crippen LogP contribution is -2.28. The van der Waals surface area contributed by atoms with Crippen molar-refractivity contribution in [2.45, 2.75) is 32.9 Å². The van der Waals surface area contributed by atoms with Crippen molar-refractivity contribution in [3.8, 4) is 10.7 Å². The molecule has 0 bridgehead atoms. The number of nitrogens with one attached hydrogen (secondary N) is 1. The number of rotatable bonds is 4. The van der Waals surface area contributed by atoms with Gasteiger partial charge in [-0.25, -0.2) is 0 Å². The van der Waals surface area contributed by atoms with Gasteiger partial charge in [-0.2, -0.15) is 5.10 Å². The first-order valence-electron chi connectivity index (χ1n) is 7.08. The minimum atomic E-state index is 0.633. The van der Waals surface area contributed by atoms with E-state index in [1.807, 2.05) is 0 Å². The molecule has 1 fully saturated rings. The highest BCUT2D eigenvalue weighted by atomic mass is 32.1. The molecule has 1 aliphatic heterocycles. The average Bonchev–Trinajstić information content (AvgIpc) is 3.12. The Balaban J connectivity index is 1.79. The summed E-state index contributed by atoms with van der Waals surface area (Å²) >= 11 is 7.11. The summed E-state index contributed by atoms with van der Waals surface area (Å²) in [6.07, 6.45) is 1.25. The predicted molar refractivity (Wildman–Crippen MR) is 85.5 cm³/mol. The Kier molecular flexibility index (Phi) is 4.05. The summed E-state index contributed by atoms with van der Waals surface area (Å²) in [5, 5.41) is 9.42. The number of hydrogen-bond donors (Lipinski definition) is 1. The summed E-state index contributed by atoms with van der Waals surface area (Å²) in [6, 6.07) is 4.79. The zero-order valence-electron chi connectivity index (χ0n) is 11.9. The molecule has 0 saturated carbocycles. The molecule has 0 aliphatic carbocycles. The maximum absolute atomic E-state index is 5.40. The van der Waals surface area contributed by atoms with E-state index < -0.39 is 0 Å². The Bertz CT molecular complexity index is 611. The summed E-state index contributed by atoms with van der Waals surface area (Å²) in [7, 11) is 0. The normalized spacial score (nSPS) is 20.1. The smallest absolute Gasteiger partial charge is 0.195 e. The first-order chi connectivity index (χ1) is 9.65. The van der Waals surface area contributed by atoms with Crippen LogP contribution in [0.5, 0.6) is 0 Å². The van der Waals surface area contributed by atoms with E-state index in [0.29, 0.717) is 12.0 Å². The van der Waals surface area contributed by atoms with Crippen molar-refractivity contribution in [3.63, 3.8) is 0 Å². The van der Waals surface area contributed by atoms with Crippen LogP contribution in [0.25, 0.3) is 10.7 Å². The molecule has 1 unspecified atom stereocenters. The molecule has 1 atom stereocenters. The number of hydrogen-bond acceptors (Lipinski definition) is 4. The van der Waals surface area contributed by atoms with Crippen molar-refractivity contribution in [3.05, 3.63) is 22.3 Å². The van der Waals surface area contributed by atoms with Gasteiger partial charge in [-0.1, -0.05) is 6.07 Å². The second-order valence-electron chi connectivity index (χ2n) is 5.68. The van der Waals surface area contributed by atoms with Gasteiger partial charge in [-0.3, -0.25) is 9.67 Å². The van der Waals surface area contributed by atoms with Crippen molar-refractivity contribution in [2.24, 2.45) is 5.92 Å². The fourth-order valence-electron chi connectivity index (χ4n) is 2.82. The average molecular weight is 308 g/mol. The lowest BCUT2D eigenvalue weighted by molar-refractivity contribution is 0.260. The fourth-order valence-corrected chi connectivity index (χ4v) is 3.75. The molecular weight excluding hydrogens is 288 g/mol. The molecule has 4 nitrogen and oxygen atoms in total. The van der Waals surface area contributed by atoms with Gasteiger partial charge in [0.2, 0.25) is 0 Å². The van der Waals surface area contributed by atoms with Crippen LogP contribution in [-0.2, 0) is 6.54 Å². The predicted octanol–water partition coefficient (Wildman–Crippen LogP) is 3.40. The van der Waals surface area contributed by atoms with Gasteiger partial charge in [0.15, 0.2) is 10.6 Å².